The Kier molecular flexibility index (Phi) is 3.44. The molecular formula is C8H12N2O4. The third kappa shape index (κ3) is 2.72. The highest BCUT2D eigenvalue weighted by atomic mass is 16.6. The Hall–Kier alpha value is -1.59. The number of hydrogen-bond acceptors (Lipinski definition) is 5. The molecule has 1 heterocycles. The van der Waals surface area contributed by atoms with E-state index in [1.807, 2.05) is 13.8 Å². The minimum Gasteiger partial charge on any atom is -0.476 e. The van der Waals surface area contributed by atoms with Crippen LogP contribution in [-0.4, -0.2) is 28.0 Å². The first kappa shape index (κ1) is 10.5. The second-order valence-corrected chi connectivity index (χ2v) is 3.25. The number of aromatic nitrogens is 2. The predicted molar refractivity (Wildman–Crippen MR) is 46.2 cm³/mol. The van der Waals surface area contributed by atoms with Crippen molar-refractivity contribution in [2.45, 2.75) is 20.3 Å². The minimum atomic E-state index is -1.20. The summed E-state index contributed by atoms with van der Waals surface area (Å²) in [5.41, 5.74) is -0.284. The van der Waals surface area contributed by atoms with E-state index in [9.17, 15) is 4.79 Å². The fraction of sp³-hybridized carbons (Fsp3) is 0.625. The number of carboxylic acids is 1. The molecule has 0 unspecified atom stereocenters. The van der Waals surface area contributed by atoms with Crippen LogP contribution in [0, 0.1) is 5.92 Å². The Morgan fingerprint density at radius 2 is 2.29 bits per heavy atom. The predicted octanol–water partition coefficient (Wildman–Crippen LogP) is 1.19. The van der Waals surface area contributed by atoms with Gasteiger partial charge in [0.25, 0.3) is 11.6 Å². The average molecular weight is 200 g/mol. The second-order valence-electron chi connectivity index (χ2n) is 3.25. The van der Waals surface area contributed by atoms with Crippen LogP contribution in [0.1, 0.15) is 30.8 Å². The minimum absolute atomic E-state index is 0.0573. The van der Waals surface area contributed by atoms with Gasteiger partial charge < -0.3 is 9.84 Å². The van der Waals surface area contributed by atoms with Crippen LogP contribution in [0.5, 0.6) is 5.88 Å². The molecule has 1 aromatic heterocycles. The Bertz CT molecular complexity index is 308. The quantitative estimate of drug-likeness (QED) is 0.768. The van der Waals surface area contributed by atoms with Gasteiger partial charge in [-0.05, 0) is 22.7 Å². The van der Waals surface area contributed by atoms with Crippen molar-refractivity contribution in [2.75, 3.05) is 6.61 Å². The van der Waals surface area contributed by atoms with Gasteiger partial charge in [-0.25, -0.2) is 9.42 Å². The number of rotatable bonds is 5. The molecule has 0 bridgehead atoms. The maximum absolute atomic E-state index is 10.5. The van der Waals surface area contributed by atoms with E-state index in [0.717, 1.165) is 6.42 Å². The molecule has 0 aliphatic heterocycles. The normalized spacial score (nSPS) is 10.5. The van der Waals surface area contributed by atoms with Gasteiger partial charge in [0.15, 0.2) is 0 Å². The molecule has 78 valence electrons. The van der Waals surface area contributed by atoms with Crippen molar-refractivity contribution in [3.63, 3.8) is 0 Å². The maximum atomic E-state index is 10.5. The number of ether oxygens (including phenoxy) is 1. The van der Waals surface area contributed by atoms with Gasteiger partial charge in [0.1, 0.15) is 0 Å². The van der Waals surface area contributed by atoms with Crippen LogP contribution >= 0.6 is 0 Å². The van der Waals surface area contributed by atoms with E-state index in [-0.39, 0.29) is 11.6 Å². The largest absolute Gasteiger partial charge is 0.476 e. The lowest BCUT2D eigenvalue weighted by molar-refractivity contribution is 0.0681. The molecule has 0 saturated heterocycles. The first-order valence-corrected chi connectivity index (χ1v) is 4.30. The highest BCUT2D eigenvalue weighted by Crippen LogP contribution is 2.13. The van der Waals surface area contributed by atoms with Crippen LogP contribution in [0.3, 0.4) is 0 Å². The smallest absolute Gasteiger partial charge is 0.363 e. The molecule has 6 nitrogen and oxygen atoms in total. The van der Waals surface area contributed by atoms with Crippen molar-refractivity contribution in [1.29, 1.82) is 0 Å². The Labute approximate surface area is 80.8 Å². The number of nitrogens with zero attached hydrogens (tertiary/aromatic N) is 2. The van der Waals surface area contributed by atoms with Crippen molar-refractivity contribution in [3.8, 4) is 5.88 Å². The Morgan fingerprint density at radius 1 is 1.57 bits per heavy atom. The molecule has 14 heavy (non-hydrogen) atoms. The molecule has 0 saturated carbocycles. The van der Waals surface area contributed by atoms with Gasteiger partial charge in [0.05, 0.1) is 6.61 Å². The summed E-state index contributed by atoms with van der Waals surface area (Å²) < 4.78 is 9.36. The van der Waals surface area contributed by atoms with E-state index in [1.165, 1.54) is 0 Å². The van der Waals surface area contributed by atoms with Crippen LogP contribution < -0.4 is 4.74 Å². The summed E-state index contributed by atoms with van der Waals surface area (Å²) in [6.45, 7) is 4.50. The fourth-order valence-corrected chi connectivity index (χ4v) is 0.797. The first-order chi connectivity index (χ1) is 6.61. The van der Waals surface area contributed by atoms with Gasteiger partial charge >= 0.3 is 5.97 Å². The molecule has 0 radical (unpaired) electrons. The summed E-state index contributed by atoms with van der Waals surface area (Å²) in [6.07, 6.45) is 0.825. The summed E-state index contributed by atoms with van der Waals surface area (Å²) in [5.74, 6) is -0.771. The van der Waals surface area contributed by atoms with Crippen molar-refractivity contribution in [2.24, 2.45) is 5.92 Å². The molecule has 0 fully saturated rings. The molecule has 6 heteroatoms. The van der Waals surface area contributed by atoms with Crippen LogP contribution in [0.15, 0.2) is 4.63 Å². The molecule has 1 N–H and O–H groups in total. The van der Waals surface area contributed by atoms with E-state index in [4.69, 9.17) is 9.84 Å². The standard InChI is InChI=1S/C8H12N2O4/c1-5(2)3-4-13-7-6(8(11)12)9-14-10-7/h5H,3-4H2,1-2H3,(H,11,12). The van der Waals surface area contributed by atoms with Crippen LogP contribution in [0.4, 0.5) is 0 Å². The summed E-state index contributed by atoms with van der Waals surface area (Å²) in [6, 6.07) is 0. The van der Waals surface area contributed by atoms with Crippen molar-refractivity contribution in [1.82, 2.24) is 10.3 Å². The molecule has 1 aromatic rings. The third-order valence-electron chi connectivity index (χ3n) is 1.59. The molecular weight excluding hydrogens is 188 g/mol. The van der Waals surface area contributed by atoms with E-state index in [2.05, 4.69) is 14.9 Å². The number of carboxylic acid groups (broad SMARTS) is 1. The zero-order valence-electron chi connectivity index (χ0n) is 8.06. The molecule has 0 aliphatic rings. The number of hydrogen-bond donors (Lipinski definition) is 1. The SMILES string of the molecule is CC(C)CCOc1nonc1C(=O)O. The lowest BCUT2D eigenvalue weighted by atomic mass is 10.1. The van der Waals surface area contributed by atoms with Crippen molar-refractivity contribution < 1.29 is 19.3 Å². The first-order valence-electron chi connectivity index (χ1n) is 4.30. The zero-order chi connectivity index (χ0) is 10.6. The van der Waals surface area contributed by atoms with Gasteiger partial charge in [0, 0.05) is 0 Å². The maximum Gasteiger partial charge on any atom is 0.363 e. The Balaban J connectivity index is 2.50. The number of aromatic carboxylic acids is 1. The van der Waals surface area contributed by atoms with Gasteiger partial charge in [-0.1, -0.05) is 13.8 Å². The van der Waals surface area contributed by atoms with Crippen LogP contribution in [0.25, 0.3) is 0 Å². The number of carbonyl (C=O) groups is 1. The van der Waals surface area contributed by atoms with Gasteiger partial charge in [0.2, 0.25) is 0 Å². The summed E-state index contributed by atoms with van der Waals surface area (Å²) in [7, 11) is 0. The topological polar surface area (TPSA) is 85.5 Å². The zero-order valence-corrected chi connectivity index (χ0v) is 8.06. The van der Waals surface area contributed by atoms with E-state index >= 15 is 0 Å². The van der Waals surface area contributed by atoms with Crippen molar-refractivity contribution >= 4 is 5.97 Å². The summed E-state index contributed by atoms with van der Waals surface area (Å²) in [4.78, 5) is 10.5. The van der Waals surface area contributed by atoms with Gasteiger partial charge in [-0.2, -0.15) is 0 Å². The van der Waals surface area contributed by atoms with Gasteiger partial charge in [-0.3, -0.25) is 0 Å². The highest BCUT2D eigenvalue weighted by Gasteiger charge is 2.18. The monoisotopic (exact) mass is 200 g/mol. The molecule has 1 rings (SSSR count). The second kappa shape index (κ2) is 4.59. The van der Waals surface area contributed by atoms with Crippen LogP contribution in [0.2, 0.25) is 0 Å². The van der Waals surface area contributed by atoms with E-state index < -0.39 is 5.97 Å². The van der Waals surface area contributed by atoms with Gasteiger partial charge in [-0.15, -0.1) is 0 Å². The lowest BCUT2D eigenvalue weighted by Crippen LogP contribution is -2.06. The van der Waals surface area contributed by atoms with Crippen molar-refractivity contribution in [3.05, 3.63) is 5.69 Å². The Morgan fingerprint density at radius 3 is 2.86 bits per heavy atom. The third-order valence-corrected chi connectivity index (χ3v) is 1.59. The highest BCUT2D eigenvalue weighted by molar-refractivity contribution is 5.87. The fourth-order valence-electron chi connectivity index (χ4n) is 0.797. The molecule has 0 aliphatic carbocycles. The molecule has 0 spiro atoms. The average Bonchev–Trinajstić information content (AvgIpc) is 2.51. The van der Waals surface area contributed by atoms with E-state index in [1.54, 1.807) is 0 Å². The summed E-state index contributed by atoms with van der Waals surface area (Å²) in [5, 5.41) is 15.2. The molecule has 0 amide bonds. The summed E-state index contributed by atoms with van der Waals surface area (Å²) >= 11 is 0. The lowest BCUT2D eigenvalue weighted by Gasteiger charge is -2.04. The van der Waals surface area contributed by atoms with Crippen LogP contribution in [-0.2, 0) is 0 Å². The molecule has 0 aromatic carbocycles. The molecule has 0 atom stereocenters. The van der Waals surface area contributed by atoms with E-state index in [0.29, 0.717) is 12.5 Å².